The van der Waals surface area contributed by atoms with Crippen molar-refractivity contribution in [1.82, 2.24) is 29.9 Å². The summed E-state index contributed by atoms with van der Waals surface area (Å²) < 4.78 is 22.4. The molecule has 3 saturated carbocycles. The van der Waals surface area contributed by atoms with Crippen molar-refractivity contribution in [3.8, 4) is 0 Å². The van der Waals surface area contributed by atoms with Crippen molar-refractivity contribution in [3.05, 3.63) is 35.9 Å². The minimum Gasteiger partial charge on any atom is -0.443 e. The van der Waals surface area contributed by atoms with Crippen LogP contribution in [0.1, 0.15) is 68.7 Å². The molecule has 0 spiro atoms. The third kappa shape index (κ3) is 3.67. The Morgan fingerprint density at radius 1 is 1.31 bits per heavy atom. The largest absolute Gasteiger partial charge is 0.443 e. The summed E-state index contributed by atoms with van der Waals surface area (Å²) >= 11 is 0. The number of rotatable bonds is 6. The summed E-state index contributed by atoms with van der Waals surface area (Å²) in [6.45, 7) is 1.96. The zero-order chi connectivity index (χ0) is 21.9. The Morgan fingerprint density at radius 3 is 2.94 bits per heavy atom. The molecule has 3 aliphatic carbocycles. The van der Waals surface area contributed by atoms with Crippen LogP contribution in [0.3, 0.4) is 0 Å². The Kier molecular flexibility index (Phi) is 4.38. The minimum atomic E-state index is -1.28. The molecule has 0 bridgehead atoms. The van der Waals surface area contributed by atoms with E-state index in [4.69, 9.17) is 4.74 Å². The molecule has 0 aromatic carbocycles. The number of anilines is 2. The molecule has 0 unspecified atom stereocenters. The first-order chi connectivity index (χ1) is 15.5. The smallest absolute Gasteiger partial charge is 0.407 e. The number of ether oxygens (including phenoxy) is 1. The van der Waals surface area contributed by atoms with E-state index in [2.05, 4.69) is 30.8 Å². The van der Waals surface area contributed by atoms with Gasteiger partial charge in [-0.3, -0.25) is 9.50 Å². The number of nitrogens with one attached hydrogen (secondary N) is 3. The van der Waals surface area contributed by atoms with Gasteiger partial charge in [-0.25, -0.2) is 19.2 Å². The number of imidazole rings is 1. The Bertz CT molecular complexity index is 1170. The van der Waals surface area contributed by atoms with Gasteiger partial charge in [-0.1, -0.05) is 0 Å². The van der Waals surface area contributed by atoms with E-state index in [9.17, 15) is 4.79 Å². The number of aromatic amines is 1. The van der Waals surface area contributed by atoms with E-state index >= 15 is 4.39 Å². The van der Waals surface area contributed by atoms with E-state index in [1.165, 1.54) is 12.8 Å². The van der Waals surface area contributed by atoms with E-state index in [1.54, 1.807) is 12.3 Å². The van der Waals surface area contributed by atoms with Crippen LogP contribution in [-0.4, -0.2) is 48.5 Å². The van der Waals surface area contributed by atoms with Gasteiger partial charge in [0.05, 0.1) is 5.69 Å². The highest BCUT2D eigenvalue weighted by Gasteiger charge is 2.43. The standard InChI is InChI=1S/C22H26FN7O2/c1-22(7-8-22)27-21(31)32-16-5-4-13(19(16)23)14-10-17(29-28-14)26-20-24-9-6-18-25-15(11-30(18)20)12-2-3-12/h6,9-13,16,19H,2-5,7-8H2,1H3,(H,27,31)(H2,24,26,28,29)/t13-,16-,19+/m0/s1. The summed E-state index contributed by atoms with van der Waals surface area (Å²) in [4.78, 5) is 21.1. The van der Waals surface area contributed by atoms with Gasteiger partial charge in [-0.15, -0.1) is 0 Å². The van der Waals surface area contributed by atoms with E-state index in [0.29, 0.717) is 36.2 Å². The van der Waals surface area contributed by atoms with E-state index in [1.807, 2.05) is 23.6 Å². The number of hydrogen-bond acceptors (Lipinski definition) is 6. The molecule has 3 aromatic rings. The third-order valence-electron chi connectivity index (χ3n) is 6.80. The van der Waals surface area contributed by atoms with Crippen molar-refractivity contribution < 1.29 is 13.9 Å². The Hall–Kier alpha value is -3.17. The second kappa shape index (κ2) is 7.18. The highest BCUT2D eigenvalue weighted by molar-refractivity contribution is 5.69. The summed E-state index contributed by atoms with van der Waals surface area (Å²) in [5.74, 6) is 1.31. The minimum absolute atomic E-state index is 0.184. The van der Waals surface area contributed by atoms with Gasteiger partial charge in [0.1, 0.15) is 17.9 Å². The zero-order valence-corrected chi connectivity index (χ0v) is 17.8. The molecule has 3 aliphatic rings. The molecule has 32 heavy (non-hydrogen) atoms. The van der Waals surface area contributed by atoms with Crippen molar-refractivity contribution in [3.63, 3.8) is 0 Å². The lowest BCUT2D eigenvalue weighted by atomic mass is 10.0. The summed E-state index contributed by atoms with van der Waals surface area (Å²) in [6, 6.07) is 3.67. The molecule has 10 heteroatoms. The molecule has 0 aliphatic heterocycles. The normalized spacial score (nSPS) is 26.2. The van der Waals surface area contributed by atoms with Crippen molar-refractivity contribution in [2.45, 2.75) is 75.1 Å². The summed E-state index contributed by atoms with van der Waals surface area (Å²) in [5, 5.41) is 13.3. The number of carbonyl (C=O) groups excluding carboxylic acids is 1. The fourth-order valence-corrected chi connectivity index (χ4v) is 4.41. The molecule has 3 fully saturated rings. The first-order valence-corrected chi connectivity index (χ1v) is 11.3. The molecular weight excluding hydrogens is 413 g/mol. The average molecular weight is 439 g/mol. The zero-order valence-electron chi connectivity index (χ0n) is 17.8. The summed E-state index contributed by atoms with van der Waals surface area (Å²) in [6.07, 6.45) is 6.45. The number of carbonyl (C=O) groups is 1. The first kappa shape index (κ1) is 19.5. The number of alkyl halides is 1. The molecule has 0 saturated heterocycles. The molecule has 0 radical (unpaired) electrons. The molecule has 9 nitrogen and oxygen atoms in total. The van der Waals surface area contributed by atoms with Gasteiger partial charge < -0.3 is 15.4 Å². The van der Waals surface area contributed by atoms with Gasteiger partial charge in [0.2, 0.25) is 5.95 Å². The Labute approximate surface area is 184 Å². The predicted octanol–water partition coefficient (Wildman–Crippen LogP) is 3.94. The summed E-state index contributed by atoms with van der Waals surface area (Å²) in [7, 11) is 0. The predicted molar refractivity (Wildman–Crippen MR) is 115 cm³/mol. The van der Waals surface area contributed by atoms with E-state index in [-0.39, 0.29) is 5.54 Å². The van der Waals surface area contributed by atoms with Gasteiger partial charge in [0, 0.05) is 41.5 Å². The van der Waals surface area contributed by atoms with E-state index < -0.39 is 24.3 Å². The highest BCUT2D eigenvalue weighted by atomic mass is 19.1. The van der Waals surface area contributed by atoms with Crippen LogP contribution in [0.4, 0.5) is 21.0 Å². The molecule has 1 amide bonds. The van der Waals surface area contributed by atoms with Crippen molar-refractivity contribution >= 4 is 23.5 Å². The maximum Gasteiger partial charge on any atom is 0.407 e. The monoisotopic (exact) mass is 439 g/mol. The number of H-pyrrole nitrogens is 1. The number of fused-ring (bicyclic) bond motifs is 1. The SMILES string of the molecule is CC1(NC(=O)O[C@H]2CC[C@@H](c3cc(Nc4nccc5nc(C6CC6)cn45)n[nH]3)[C@H]2F)CC1. The first-order valence-electron chi connectivity index (χ1n) is 11.3. The van der Waals surface area contributed by atoms with Crippen molar-refractivity contribution in [2.24, 2.45) is 0 Å². The Morgan fingerprint density at radius 2 is 2.16 bits per heavy atom. The second-order valence-electron chi connectivity index (χ2n) is 9.53. The van der Waals surface area contributed by atoms with Gasteiger partial charge in [0.25, 0.3) is 0 Å². The molecule has 6 rings (SSSR count). The molecule has 3 atom stereocenters. The molecule has 3 N–H and O–H groups in total. The van der Waals surface area contributed by atoms with Crippen LogP contribution in [0.2, 0.25) is 0 Å². The quantitative estimate of drug-likeness (QED) is 0.537. The number of nitrogens with zero attached hydrogens (tertiary/aromatic N) is 4. The van der Waals surface area contributed by atoms with Gasteiger partial charge in [-0.2, -0.15) is 5.10 Å². The Balaban J connectivity index is 1.13. The second-order valence-corrected chi connectivity index (χ2v) is 9.53. The number of alkyl carbamates (subject to hydrolysis) is 1. The lowest BCUT2D eigenvalue weighted by Crippen LogP contribution is -2.38. The molecule has 3 aromatic heterocycles. The van der Waals surface area contributed by atoms with Crippen LogP contribution in [0, 0.1) is 0 Å². The van der Waals surface area contributed by atoms with Gasteiger partial charge in [0.15, 0.2) is 5.82 Å². The number of amides is 1. The van der Waals surface area contributed by atoms with Crippen molar-refractivity contribution in [2.75, 3.05) is 5.32 Å². The van der Waals surface area contributed by atoms with Crippen LogP contribution >= 0.6 is 0 Å². The maximum absolute atomic E-state index is 15.1. The fourth-order valence-electron chi connectivity index (χ4n) is 4.41. The number of halogens is 1. The summed E-state index contributed by atoms with van der Waals surface area (Å²) in [5.41, 5.74) is 2.41. The van der Waals surface area contributed by atoms with Gasteiger partial charge in [-0.05, 0) is 51.5 Å². The van der Waals surface area contributed by atoms with Crippen LogP contribution < -0.4 is 10.6 Å². The molecule has 168 valence electrons. The third-order valence-corrected chi connectivity index (χ3v) is 6.80. The lowest BCUT2D eigenvalue weighted by Gasteiger charge is -2.19. The maximum atomic E-state index is 15.1. The molecular formula is C22H26FN7O2. The molecule has 3 heterocycles. The van der Waals surface area contributed by atoms with E-state index in [0.717, 1.165) is 24.2 Å². The van der Waals surface area contributed by atoms with Crippen molar-refractivity contribution in [1.29, 1.82) is 0 Å². The fraction of sp³-hybridized carbons (Fsp3) is 0.545. The van der Waals surface area contributed by atoms with Crippen LogP contribution in [0.15, 0.2) is 24.5 Å². The van der Waals surface area contributed by atoms with Crippen LogP contribution in [-0.2, 0) is 4.74 Å². The topological polar surface area (TPSA) is 109 Å². The highest BCUT2D eigenvalue weighted by Crippen LogP contribution is 2.40. The van der Waals surface area contributed by atoms with Gasteiger partial charge >= 0.3 is 6.09 Å². The average Bonchev–Trinajstić information content (AvgIpc) is 3.59. The lowest BCUT2D eigenvalue weighted by molar-refractivity contribution is 0.0546. The van der Waals surface area contributed by atoms with Crippen LogP contribution in [0.25, 0.3) is 5.65 Å². The number of hydrogen-bond donors (Lipinski definition) is 3. The van der Waals surface area contributed by atoms with Crippen LogP contribution in [0.5, 0.6) is 0 Å². The number of aromatic nitrogens is 5.